The second-order valence-electron chi connectivity index (χ2n) is 16.3. The molecule has 2 aliphatic heterocycles. The number of hydrogen-bond acceptors (Lipinski definition) is 2. The lowest BCUT2D eigenvalue weighted by Gasteiger charge is -2.50. The summed E-state index contributed by atoms with van der Waals surface area (Å²) in [4.78, 5) is 2.40. The summed E-state index contributed by atoms with van der Waals surface area (Å²) in [5.41, 5.74) is 5.63. The molecule has 0 saturated heterocycles. The van der Waals surface area contributed by atoms with Gasteiger partial charge in [0.05, 0.1) is 5.69 Å². The van der Waals surface area contributed by atoms with Gasteiger partial charge in [-0.05, 0) is 88.3 Å². The molecule has 62 heavy (non-hydrogen) atoms. The van der Waals surface area contributed by atoms with Crippen LogP contribution in [0, 0.1) is 0 Å². The third kappa shape index (κ3) is 5.34. The van der Waals surface area contributed by atoms with Gasteiger partial charge in [0, 0.05) is 22.8 Å². The van der Waals surface area contributed by atoms with Crippen molar-refractivity contribution in [1.82, 2.24) is 0 Å². The van der Waals surface area contributed by atoms with E-state index in [2.05, 4.69) is 254 Å². The first-order valence-corrected chi connectivity index (χ1v) is 25.4. The van der Waals surface area contributed by atoms with Crippen molar-refractivity contribution in [3.05, 3.63) is 249 Å². The minimum atomic E-state index is -3.02. The van der Waals surface area contributed by atoms with Gasteiger partial charge in [-0.25, -0.2) is 0 Å². The summed E-state index contributed by atoms with van der Waals surface area (Å²) in [5, 5.41) is 13.6. The van der Waals surface area contributed by atoms with E-state index in [4.69, 9.17) is 4.74 Å². The molecule has 4 heteroatoms. The Balaban J connectivity index is 1.13. The smallest absolute Gasteiger partial charge is 0.188 e. The van der Waals surface area contributed by atoms with E-state index >= 15 is 0 Å². The van der Waals surface area contributed by atoms with E-state index in [1.54, 1.807) is 0 Å². The van der Waals surface area contributed by atoms with Crippen LogP contribution in [0.15, 0.2) is 249 Å². The van der Waals surface area contributed by atoms with E-state index in [-0.39, 0.29) is 0 Å². The summed E-state index contributed by atoms with van der Waals surface area (Å²) < 4.78 is 7.20. The van der Waals surface area contributed by atoms with Crippen molar-refractivity contribution >= 4 is 85.5 Å². The molecule has 0 saturated carbocycles. The van der Waals surface area contributed by atoms with Crippen LogP contribution < -0.4 is 51.1 Å². The van der Waals surface area contributed by atoms with Crippen molar-refractivity contribution in [1.29, 1.82) is 0 Å². The Kier molecular flexibility index (Phi) is 8.56. The van der Waals surface area contributed by atoms with Gasteiger partial charge in [0.25, 0.3) is 0 Å². The van der Waals surface area contributed by atoms with Crippen LogP contribution in [-0.4, -0.2) is 16.1 Å². The Morgan fingerprint density at radius 1 is 0.306 bits per heavy atom. The molecular weight excluding hydrogens is 783 g/mol. The molecule has 10 aromatic rings. The first kappa shape index (κ1) is 36.4. The summed E-state index contributed by atoms with van der Waals surface area (Å²) in [6.07, 6.45) is 0. The summed E-state index contributed by atoms with van der Waals surface area (Å²) in [5.74, 6) is 1.85. The second-order valence-corrected chi connectivity index (χ2v) is 23.7. The molecule has 0 amide bonds. The molecule has 2 nitrogen and oxygen atoms in total. The topological polar surface area (TPSA) is 12.5 Å². The molecule has 0 bridgehead atoms. The SMILES string of the molecule is c1ccc(-c2ccc(N(c3ccc4c(c3)Oc3ccccc3[Si]43c4ccccc4[Si](c4ccccc4)(c4ccccc4)c4ccccc43)c3cccc4ccccc34)cc2)cc1. The average molecular weight is 824 g/mol. The van der Waals surface area contributed by atoms with Gasteiger partial charge in [0.2, 0.25) is 0 Å². The molecule has 0 radical (unpaired) electrons. The van der Waals surface area contributed by atoms with E-state index < -0.39 is 16.1 Å². The van der Waals surface area contributed by atoms with Crippen molar-refractivity contribution in [3.8, 4) is 22.6 Å². The lowest BCUT2D eigenvalue weighted by molar-refractivity contribution is 0.487. The molecule has 0 fully saturated rings. The number of fused-ring (bicyclic) bond motifs is 9. The van der Waals surface area contributed by atoms with Crippen molar-refractivity contribution in [2.45, 2.75) is 0 Å². The quantitative estimate of drug-likeness (QED) is 0.155. The lowest BCUT2D eigenvalue weighted by atomic mass is 10.0. The fourth-order valence-corrected chi connectivity index (χ4v) is 23.0. The molecule has 2 aliphatic rings. The third-order valence-corrected chi connectivity index (χ3v) is 23.6. The van der Waals surface area contributed by atoms with Gasteiger partial charge in [0.15, 0.2) is 16.1 Å². The summed E-state index contributed by atoms with van der Waals surface area (Å²) in [6.45, 7) is 0. The first-order chi connectivity index (χ1) is 30.8. The fourth-order valence-electron chi connectivity index (χ4n) is 10.7. The Labute approximate surface area is 364 Å². The zero-order valence-corrected chi connectivity index (χ0v) is 36.0. The fraction of sp³-hybridized carbons (Fsp3) is 0. The minimum Gasteiger partial charge on any atom is -0.457 e. The normalized spacial score (nSPS) is 13.9. The number of benzene rings is 10. The highest BCUT2D eigenvalue weighted by molar-refractivity contribution is 7.33. The molecule has 0 unspecified atom stereocenters. The summed E-state index contributed by atoms with van der Waals surface area (Å²) in [6, 6.07) is 92.4. The minimum absolute atomic E-state index is 0.914. The third-order valence-electron chi connectivity index (χ3n) is 13.3. The number of ether oxygens (including phenoxy) is 1. The summed E-state index contributed by atoms with van der Waals surface area (Å²) in [7, 11) is -5.84. The molecular formula is C58H41NOSi2. The van der Waals surface area contributed by atoms with Crippen molar-refractivity contribution in [3.63, 3.8) is 0 Å². The van der Waals surface area contributed by atoms with Gasteiger partial charge >= 0.3 is 0 Å². The van der Waals surface area contributed by atoms with E-state index in [1.165, 1.54) is 63.4 Å². The Morgan fingerprint density at radius 2 is 0.774 bits per heavy atom. The highest BCUT2D eigenvalue weighted by Gasteiger charge is 2.59. The van der Waals surface area contributed by atoms with Crippen molar-refractivity contribution in [2.75, 3.05) is 4.90 Å². The van der Waals surface area contributed by atoms with E-state index in [1.807, 2.05) is 0 Å². The van der Waals surface area contributed by atoms with Gasteiger partial charge in [-0.15, -0.1) is 0 Å². The van der Waals surface area contributed by atoms with Gasteiger partial charge in [0.1, 0.15) is 11.5 Å². The van der Waals surface area contributed by atoms with Crippen LogP contribution in [0.2, 0.25) is 0 Å². The van der Waals surface area contributed by atoms with Gasteiger partial charge in [-0.2, -0.15) is 0 Å². The van der Waals surface area contributed by atoms with Crippen LogP contribution in [0.3, 0.4) is 0 Å². The zero-order chi connectivity index (χ0) is 41.1. The maximum absolute atomic E-state index is 7.20. The van der Waals surface area contributed by atoms with Crippen molar-refractivity contribution < 1.29 is 4.74 Å². The highest BCUT2D eigenvalue weighted by atomic mass is 28.3. The standard InChI is InChI=1S/C58H41NOSi2/c1-4-19-42(20-5-1)43-35-37-45(38-36-43)59(50-28-18-22-44-21-10-11-27-49(44)50)46-39-40-54-52(41-46)60-51-29-12-13-30-53(51)62(54)57-33-16-14-31-55(57)61(47-23-6-2-7-24-47,48-25-8-3-9-26-48)56-32-15-17-34-58(56)62/h1-41H. The van der Waals surface area contributed by atoms with Crippen LogP contribution in [0.5, 0.6) is 11.5 Å². The highest BCUT2D eigenvalue weighted by Crippen LogP contribution is 2.42. The Morgan fingerprint density at radius 3 is 1.42 bits per heavy atom. The second kappa shape index (κ2) is 14.6. The average Bonchev–Trinajstić information content (AvgIpc) is 3.35. The molecule has 0 atom stereocenters. The van der Waals surface area contributed by atoms with Crippen LogP contribution >= 0.6 is 0 Å². The maximum atomic E-state index is 7.20. The lowest BCUT2D eigenvalue weighted by Crippen LogP contribution is -2.93. The summed E-state index contributed by atoms with van der Waals surface area (Å²) >= 11 is 0. The van der Waals surface area contributed by atoms with Crippen molar-refractivity contribution in [2.24, 2.45) is 0 Å². The number of rotatable bonds is 6. The molecule has 10 aromatic carbocycles. The molecule has 292 valence electrons. The monoisotopic (exact) mass is 823 g/mol. The van der Waals surface area contributed by atoms with Crippen LogP contribution in [0.4, 0.5) is 17.1 Å². The zero-order valence-electron chi connectivity index (χ0n) is 34.0. The number of hydrogen-bond donors (Lipinski definition) is 0. The van der Waals surface area contributed by atoms with E-state index in [0.29, 0.717) is 0 Å². The van der Waals surface area contributed by atoms with Gasteiger partial charge in [-0.3, -0.25) is 0 Å². The van der Waals surface area contributed by atoms with Crippen LogP contribution in [0.1, 0.15) is 0 Å². The molecule has 12 rings (SSSR count). The van der Waals surface area contributed by atoms with Gasteiger partial charge in [-0.1, -0.05) is 212 Å². The first-order valence-electron chi connectivity index (χ1n) is 21.4. The molecule has 0 aromatic heterocycles. The molecule has 0 aliphatic carbocycles. The predicted octanol–water partition coefficient (Wildman–Crippen LogP) is 9.15. The van der Waals surface area contributed by atoms with E-state index in [0.717, 1.165) is 28.6 Å². The molecule has 0 N–H and O–H groups in total. The van der Waals surface area contributed by atoms with Crippen LogP contribution in [0.25, 0.3) is 21.9 Å². The largest absolute Gasteiger partial charge is 0.457 e. The number of para-hydroxylation sites is 1. The molecule has 1 spiro atoms. The maximum Gasteiger partial charge on any atom is 0.188 e. The Bertz CT molecular complexity index is 3180. The number of nitrogens with zero attached hydrogens (tertiary/aromatic N) is 1. The predicted molar refractivity (Wildman–Crippen MR) is 265 cm³/mol. The van der Waals surface area contributed by atoms with E-state index in [9.17, 15) is 0 Å². The van der Waals surface area contributed by atoms with Crippen LogP contribution in [-0.2, 0) is 0 Å². The number of anilines is 3. The van der Waals surface area contributed by atoms with Gasteiger partial charge < -0.3 is 9.64 Å². The Hall–Kier alpha value is -7.51. The molecule has 2 heterocycles.